The van der Waals surface area contributed by atoms with Gasteiger partial charge >= 0.3 is 0 Å². The molecule has 0 aliphatic carbocycles. The molecule has 86 valence electrons. The monoisotopic (exact) mass is 246 g/mol. The van der Waals surface area contributed by atoms with Gasteiger partial charge in [0, 0.05) is 6.42 Å². The smallest absolute Gasteiger partial charge is 0.127 e. The van der Waals surface area contributed by atoms with Gasteiger partial charge in [-0.2, -0.15) is 5.26 Å². The number of hydrogen-bond donors (Lipinski definition) is 0. The van der Waals surface area contributed by atoms with E-state index in [0.717, 1.165) is 29.1 Å². The van der Waals surface area contributed by atoms with Crippen LogP contribution in [0.4, 0.5) is 4.39 Å². The SMILES string of the molecule is Cc1nc(CCc2ccc(F)cc2)sc1C#N. The Labute approximate surface area is 103 Å². The molecule has 0 aliphatic heterocycles. The van der Waals surface area contributed by atoms with E-state index in [4.69, 9.17) is 5.26 Å². The molecular formula is C13H11FN2S. The molecule has 1 aromatic heterocycles. The fraction of sp³-hybridized carbons (Fsp3) is 0.231. The normalized spacial score (nSPS) is 10.2. The van der Waals surface area contributed by atoms with Crippen LogP contribution in [0, 0.1) is 24.1 Å². The van der Waals surface area contributed by atoms with E-state index in [9.17, 15) is 4.39 Å². The average molecular weight is 246 g/mol. The van der Waals surface area contributed by atoms with Crippen molar-refractivity contribution in [2.45, 2.75) is 19.8 Å². The summed E-state index contributed by atoms with van der Waals surface area (Å²) in [6.45, 7) is 1.84. The summed E-state index contributed by atoms with van der Waals surface area (Å²) in [5.41, 5.74) is 1.88. The molecule has 0 radical (unpaired) electrons. The van der Waals surface area contributed by atoms with Crippen LogP contribution in [-0.2, 0) is 12.8 Å². The van der Waals surface area contributed by atoms with Gasteiger partial charge in [-0.05, 0) is 31.0 Å². The van der Waals surface area contributed by atoms with Crippen molar-refractivity contribution in [3.63, 3.8) is 0 Å². The number of hydrogen-bond acceptors (Lipinski definition) is 3. The van der Waals surface area contributed by atoms with Crippen LogP contribution >= 0.6 is 11.3 Å². The third-order valence-corrected chi connectivity index (χ3v) is 3.61. The number of aryl methyl sites for hydroxylation is 3. The lowest BCUT2D eigenvalue weighted by molar-refractivity contribution is 0.627. The van der Waals surface area contributed by atoms with Crippen LogP contribution in [0.15, 0.2) is 24.3 Å². The highest BCUT2D eigenvalue weighted by Gasteiger charge is 2.06. The van der Waals surface area contributed by atoms with Crippen molar-refractivity contribution < 1.29 is 4.39 Å². The number of benzene rings is 1. The van der Waals surface area contributed by atoms with Crippen molar-refractivity contribution >= 4 is 11.3 Å². The second-order valence-electron chi connectivity index (χ2n) is 3.76. The molecule has 1 heterocycles. The topological polar surface area (TPSA) is 36.7 Å². The highest BCUT2D eigenvalue weighted by atomic mass is 32.1. The standard InChI is InChI=1S/C13H11FN2S/c1-9-12(8-15)17-13(16-9)7-4-10-2-5-11(14)6-3-10/h2-3,5-6H,4,7H2,1H3. The molecule has 2 aromatic rings. The summed E-state index contributed by atoms with van der Waals surface area (Å²) in [5, 5.41) is 9.79. The van der Waals surface area contributed by atoms with Crippen molar-refractivity contribution in [1.82, 2.24) is 4.98 Å². The number of nitriles is 1. The van der Waals surface area contributed by atoms with Crippen LogP contribution in [0.2, 0.25) is 0 Å². The van der Waals surface area contributed by atoms with Gasteiger partial charge in [0.05, 0.1) is 10.7 Å². The molecule has 0 bridgehead atoms. The third-order valence-electron chi connectivity index (χ3n) is 2.48. The van der Waals surface area contributed by atoms with E-state index in [2.05, 4.69) is 11.1 Å². The molecule has 0 N–H and O–H groups in total. The molecule has 0 aliphatic rings. The summed E-state index contributed by atoms with van der Waals surface area (Å²) >= 11 is 1.44. The minimum atomic E-state index is -0.217. The van der Waals surface area contributed by atoms with Crippen molar-refractivity contribution in [2.24, 2.45) is 0 Å². The summed E-state index contributed by atoms with van der Waals surface area (Å²) in [5.74, 6) is -0.217. The van der Waals surface area contributed by atoms with E-state index in [1.54, 1.807) is 12.1 Å². The maximum atomic E-state index is 12.7. The molecule has 4 heteroatoms. The molecule has 2 nitrogen and oxygen atoms in total. The van der Waals surface area contributed by atoms with Gasteiger partial charge in [0.15, 0.2) is 0 Å². The van der Waals surface area contributed by atoms with E-state index in [1.807, 2.05) is 6.92 Å². The zero-order valence-corrected chi connectivity index (χ0v) is 10.2. The van der Waals surface area contributed by atoms with Crippen molar-refractivity contribution in [2.75, 3.05) is 0 Å². The van der Waals surface area contributed by atoms with E-state index in [0.29, 0.717) is 4.88 Å². The number of aromatic nitrogens is 1. The summed E-state index contributed by atoms with van der Waals surface area (Å²) in [4.78, 5) is 5.02. The van der Waals surface area contributed by atoms with Gasteiger partial charge in [-0.15, -0.1) is 11.3 Å². The van der Waals surface area contributed by atoms with Gasteiger partial charge in [-0.25, -0.2) is 9.37 Å². The lowest BCUT2D eigenvalue weighted by Gasteiger charge is -1.98. The first-order valence-corrected chi connectivity index (χ1v) is 6.11. The van der Waals surface area contributed by atoms with Gasteiger partial charge in [-0.1, -0.05) is 12.1 Å². The first-order chi connectivity index (χ1) is 8.19. The molecule has 0 saturated heterocycles. The Balaban J connectivity index is 2.02. The first kappa shape index (κ1) is 11.7. The second-order valence-corrected chi connectivity index (χ2v) is 4.84. The molecule has 0 saturated carbocycles. The Morgan fingerprint density at radius 1 is 1.29 bits per heavy atom. The van der Waals surface area contributed by atoms with Crippen molar-refractivity contribution in [3.05, 3.63) is 51.2 Å². The predicted molar refractivity (Wildman–Crippen MR) is 65.4 cm³/mol. The highest BCUT2D eigenvalue weighted by Crippen LogP contribution is 2.18. The Bertz CT molecular complexity index is 552. The average Bonchev–Trinajstić information content (AvgIpc) is 2.69. The molecule has 0 spiro atoms. The summed E-state index contributed by atoms with van der Waals surface area (Å²) < 4.78 is 12.7. The summed E-state index contributed by atoms with van der Waals surface area (Å²) in [6.07, 6.45) is 1.61. The molecule has 0 unspecified atom stereocenters. The predicted octanol–water partition coefficient (Wildman–Crippen LogP) is 3.25. The van der Waals surface area contributed by atoms with E-state index in [1.165, 1.54) is 23.5 Å². The number of rotatable bonds is 3. The minimum Gasteiger partial charge on any atom is -0.245 e. The van der Waals surface area contributed by atoms with Crippen LogP contribution in [0.1, 0.15) is 21.1 Å². The molecular weight excluding hydrogens is 235 g/mol. The Hall–Kier alpha value is -1.73. The molecule has 1 aromatic carbocycles. The van der Waals surface area contributed by atoms with Gasteiger partial charge < -0.3 is 0 Å². The van der Waals surface area contributed by atoms with E-state index >= 15 is 0 Å². The number of nitrogens with zero attached hydrogens (tertiary/aromatic N) is 2. The Morgan fingerprint density at radius 3 is 2.59 bits per heavy atom. The highest BCUT2D eigenvalue weighted by molar-refractivity contribution is 7.12. The lowest BCUT2D eigenvalue weighted by atomic mass is 10.1. The zero-order valence-electron chi connectivity index (χ0n) is 9.40. The van der Waals surface area contributed by atoms with Gasteiger partial charge in [0.2, 0.25) is 0 Å². The maximum Gasteiger partial charge on any atom is 0.127 e. The molecule has 0 atom stereocenters. The Morgan fingerprint density at radius 2 is 2.00 bits per heavy atom. The van der Waals surface area contributed by atoms with Crippen molar-refractivity contribution in [3.8, 4) is 6.07 Å². The first-order valence-electron chi connectivity index (χ1n) is 5.30. The van der Waals surface area contributed by atoms with E-state index < -0.39 is 0 Å². The van der Waals surface area contributed by atoms with Crippen LogP contribution in [0.25, 0.3) is 0 Å². The Kier molecular flexibility index (Phi) is 3.50. The number of thiazole rings is 1. The molecule has 17 heavy (non-hydrogen) atoms. The van der Waals surface area contributed by atoms with Gasteiger partial charge in [-0.3, -0.25) is 0 Å². The fourth-order valence-electron chi connectivity index (χ4n) is 1.57. The van der Waals surface area contributed by atoms with Crippen molar-refractivity contribution in [1.29, 1.82) is 5.26 Å². The largest absolute Gasteiger partial charge is 0.245 e. The molecule has 2 rings (SSSR count). The van der Waals surface area contributed by atoms with Gasteiger partial charge in [0.1, 0.15) is 16.8 Å². The van der Waals surface area contributed by atoms with Crippen LogP contribution in [-0.4, -0.2) is 4.98 Å². The molecule has 0 fully saturated rings. The van der Waals surface area contributed by atoms with Crippen LogP contribution in [0.5, 0.6) is 0 Å². The zero-order chi connectivity index (χ0) is 12.3. The quantitative estimate of drug-likeness (QED) is 0.833. The maximum absolute atomic E-state index is 12.7. The third kappa shape index (κ3) is 2.89. The molecule has 0 amide bonds. The lowest BCUT2D eigenvalue weighted by Crippen LogP contribution is -1.90. The number of halogens is 1. The summed E-state index contributed by atoms with van der Waals surface area (Å²) in [7, 11) is 0. The minimum absolute atomic E-state index is 0.217. The summed E-state index contributed by atoms with van der Waals surface area (Å²) in [6, 6.07) is 8.61. The second kappa shape index (κ2) is 5.07. The van der Waals surface area contributed by atoms with Crippen LogP contribution in [0.3, 0.4) is 0 Å². The van der Waals surface area contributed by atoms with Crippen LogP contribution < -0.4 is 0 Å². The van der Waals surface area contributed by atoms with Gasteiger partial charge in [0.25, 0.3) is 0 Å². The van der Waals surface area contributed by atoms with E-state index in [-0.39, 0.29) is 5.82 Å². The fourth-order valence-corrected chi connectivity index (χ4v) is 2.43.